The zero-order chi connectivity index (χ0) is 18.4. The molecule has 0 aliphatic rings. The molecule has 1 unspecified atom stereocenters. The minimum atomic E-state index is -0.113. The van der Waals surface area contributed by atoms with E-state index in [1.165, 1.54) is 0 Å². The average Bonchev–Trinajstić information content (AvgIpc) is 3.08. The third-order valence-corrected chi connectivity index (χ3v) is 4.24. The highest BCUT2D eigenvalue weighted by molar-refractivity contribution is 6.30. The Morgan fingerprint density at radius 3 is 2.77 bits per heavy atom. The van der Waals surface area contributed by atoms with Crippen LogP contribution >= 0.6 is 11.6 Å². The van der Waals surface area contributed by atoms with Crippen molar-refractivity contribution in [1.82, 2.24) is 15.5 Å². The molecule has 0 aliphatic carbocycles. The molecule has 0 radical (unpaired) electrons. The Kier molecular flexibility index (Phi) is 6.02. The van der Waals surface area contributed by atoms with E-state index in [1.807, 2.05) is 61.5 Å². The van der Waals surface area contributed by atoms with Gasteiger partial charge < -0.3 is 9.84 Å². The second-order valence-electron chi connectivity index (χ2n) is 6.11. The lowest BCUT2D eigenvalue weighted by atomic mass is 10.1. The molecule has 0 bridgehead atoms. The first-order valence-corrected chi connectivity index (χ1v) is 8.88. The van der Waals surface area contributed by atoms with Crippen molar-refractivity contribution >= 4 is 17.5 Å². The summed E-state index contributed by atoms with van der Waals surface area (Å²) in [5, 5.41) is 7.58. The molecule has 0 fully saturated rings. The number of aromatic nitrogens is 2. The Balaban J connectivity index is 1.49. The van der Waals surface area contributed by atoms with E-state index >= 15 is 0 Å². The molecular formula is C20H20ClN3O2. The summed E-state index contributed by atoms with van der Waals surface area (Å²) in [5.74, 6) is 1.03. The maximum Gasteiger partial charge on any atom is 0.227 e. The fourth-order valence-corrected chi connectivity index (χ4v) is 2.83. The molecule has 134 valence electrons. The fourth-order valence-electron chi connectivity index (χ4n) is 2.64. The van der Waals surface area contributed by atoms with Crippen molar-refractivity contribution in [1.29, 1.82) is 0 Å². The Bertz CT molecular complexity index is 864. The van der Waals surface area contributed by atoms with Crippen LogP contribution in [0.15, 0.2) is 59.1 Å². The maximum absolute atomic E-state index is 12.1. The van der Waals surface area contributed by atoms with Gasteiger partial charge in [-0.25, -0.2) is 0 Å². The highest BCUT2D eigenvalue weighted by Crippen LogP contribution is 2.17. The van der Waals surface area contributed by atoms with E-state index in [0.29, 0.717) is 29.6 Å². The zero-order valence-corrected chi connectivity index (χ0v) is 15.2. The Labute approximate surface area is 157 Å². The first kappa shape index (κ1) is 18.1. The topological polar surface area (TPSA) is 68.0 Å². The second kappa shape index (κ2) is 8.63. The van der Waals surface area contributed by atoms with Gasteiger partial charge >= 0.3 is 0 Å². The number of benzene rings is 2. The molecule has 0 spiro atoms. The Hall–Kier alpha value is -2.66. The minimum Gasteiger partial charge on any atom is -0.350 e. The smallest absolute Gasteiger partial charge is 0.227 e. The van der Waals surface area contributed by atoms with Crippen LogP contribution in [0.4, 0.5) is 0 Å². The van der Waals surface area contributed by atoms with Crippen LogP contribution in [0.5, 0.6) is 0 Å². The van der Waals surface area contributed by atoms with Crippen molar-refractivity contribution in [3.8, 4) is 0 Å². The Morgan fingerprint density at radius 1 is 1.19 bits per heavy atom. The number of rotatable bonds is 7. The lowest BCUT2D eigenvalue weighted by Gasteiger charge is -2.14. The normalized spacial score (nSPS) is 11.9. The van der Waals surface area contributed by atoms with Crippen LogP contribution in [0.3, 0.4) is 0 Å². The lowest BCUT2D eigenvalue weighted by molar-refractivity contribution is -0.121. The van der Waals surface area contributed by atoms with Crippen molar-refractivity contribution < 1.29 is 9.32 Å². The molecule has 0 saturated carbocycles. The van der Waals surface area contributed by atoms with Crippen molar-refractivity contribution in [3.63, 3.8) is 0 Å². The largest absolute Gasteiger partial charge is 0.350 e. The van der Waals surface area contributed by atoms with Crippen LogP contribution in [0.2, 0.25) is 5.02 Å². The van der Waals surface area contributed by atoms with Gasteiger partial charge in [-0.1, -0.05) is 59.2 Å². The number of aryl methyl sites for hydroxylation is 1. The van der Waals surface area contributed by atoms with Gasteiger partial charge in [0.1, 0.15) is 0 Å². The molecule has 3 aromatic rings. The molecule has 5 nitrogen and oxygen atoms in total. The molecule has 1 amide bonds. The summed E-state index contributed by atoms with van der Waals surface area (Å²) in [6, 6.07) is 17.3. The standard InChI is InChI=1S/C20H20ClN3O2/c1-14(16-8-5-9-17(21)13-16)22-19(25)10-11-20-23-18(24-26-20)12-15-6-3-2-4-7-15/h2-9,13-14H,10-12H2,1H3,(H,22,25). The number of carbonyl (C=O) groups is 1. The van der Waals surface area contributed by atoms with Crippen LogP contribution in [-0.2, 0) is 17.6 Å². The third-order valence-electron chi connectivity index (χ3n) is 4.01. The molecule has 1 N–H and O–H groups in total. The van der Waals surface area contributed by atoms with E-state index in [2.05, 4.69) is 15.5 Å². The summed E-state index contributed by atoms with van der Waals surface area (Å²) in [4.78, 5) is 16.5. The number of nitrogens with zero attached hydrogens (tertiary/aromatic N) is 2. The highest BCUT2D eigenvalue weighted by Gasteiger charge is 2.13. The molecule has 26 heavy (non-hydrogen) atoms. The predicted molar refractivity (Wildman–Crippen MR) is 99.9 cm³/mol. The summed E-state index contributed by atoms with van der Waals surface area (Å²) in [6.07, 6.45) is 1.32. The molecule has 3 rings (SSSR count). The van der Waals surface area contributed by atoms with Gasteiger partial charge in [-0.15, -0.1) is 0 Å². The van der Waals surface area contributed by atoms with Gasteiger partial charge in [0.2, 0.25) is 11.8 Å². The van der Waals surface area contributed by atoms with Gasteiger partial charge in [-0.05, 0) is 30.2 Å². The Morgan fingerprint density at radius 2 is 2.00 bits per heavy atom. The van der Waals surface area contributed by atoms with E-state index in [1.54, 1.807) is 0 Å². The monoisotopic (exact) mass is 369 g/mol. The van der Waals surface area contributed by atoms with E-state index in [4.69, 9.17) is 16.1 Å². The lowest BCUT2D eigenvalue weighted by Crippen LogP contribution is -2.26. The van der Waals surface area contributed by atoms with Gasteiger partial charge in [0.15, 0.2) is 5.82 Å². The quantitative estimate of drug-likeness (QED) is 0.680. The predicted octanol–water partition coefficient (Wildman–Crippen LogP) is 4.12. The fraction of sp³-hybridized carbons (Fsp3) is 0.250. The van der Waals surface area contributed by atoms with Gasteiger partial charge in [0.05, 0.1) is 6.04 Å². The van der Waals surface area contributed by atoms with Crippen LogP contribution in [0, 0.1) is 0 Å². The van der Waals surface area contributed by atoms with Crippen molar-refractivity contribution in [2.75, 3.05) is 0 Å². The molecule has 0 saturated heterocycles. The zero-order valence-electron chi connectivity index (χ0n) is 14.5. The van der Waals surface area contributed by atoms with Crippen LogP contribution < -0.4 is 5.32 Å². The molecule has 6 heteroatoms. The SMILES string of the molecule is CC(NC(=O)CCc1nc(Cc2ccccc2)no1)c1cccc(Cl)c1. The summed E-state index contributed by atoms with van der Waals surface area (Å²) in [5.41, 5.74) is 2.08. The van der Waals surface area contributed by atoms with Crippen molar-refractivity contribution in [2.45, 2.75) is 32.2 Å². The first-order chi connectivity index (χ1) is 12.6. The third kappa shape index (κ3) is 5.17. The summed E-state index contributed by atoms with van der Waals surface area (Å²) < 4.78 is 5.23. The van der Waals surface area contributed by atoms with Crippen molar-refractivity contribution in [2.24, 2.45) is 0 Å². The number of hydrogen-bond donors (Lipinski definition) is 1. The second-order valence-corrected chi connectivity index (χ2v) is 6.55. The van der Waals surface area contributed by atoms with Crippen molar-refractivity contribution in [3.05, 3.63) is 82.5 Å². The van der Waals surface area contributed by atoms with Gasteiger partial charge in [-0.2, -0.15) is 4.98 Å². The molecule has 1 aromatic heterocycles. The molecule has 0 aliphatic heterocycles. The first-order valence-electron chi connectivity index (χ1n) is 8.50. The van der Waals surface area contributed by atoms with E-state index < -0.39 is 0 Å². The van der Waals surface area contributed by atoms with Crippen LogP contribution in [0.1, 0.15) is 42.2 Å². The van der Waals surface area contributed by atoms with Gasteiger partial charge in [0, 0.05) is 24.3 Å². The molecular weight excluding hydrogens is 350 g/mol. The van der Waals surface area contributed by atoms with Crippen LogP contribution in [-0.4, -0.2) is 16.0 Å². The van der Waals surface area contributed by atoms with Crippen LogP contribution in [0.25, 0.3) is 0 Å². The molecule has 1 heterocycles. The molecule has 2 aromatic carbocycles. The summed E-state index contributed by atoms with van der Waals surface area (Å²) in [7, 11) is 0. The maximum atomic E-state index is 12.1. The summed E-state index contributed by atoms with van der Waals surface area (Å²) in [6.45, 7) is 1.92. The average molecular weight is 370 g/mol. The van der Waals surface area contributed by atoms with E-state index in [-0.39, 0.29) is 18.4 Å². The minimum absolute atomic E-state index is 0.0692. The number of carbonyl (C=O) groups excluding carboxylic acids is 1. The van der Waals surface area contributed by atoms with Gasteiger partial charge in [0.25, 0.3) is 0 Å². The number of halogens is 1. The van der Waals surface area contributed by atoms with Gasteiger partial charge in [-0.3, -0.25) is 4.79 Å². The van der Waals surface area contributed by atoms with E-state index in [0.717, 1.165) is 11.1 Å². The highest BCUT2D eigenvalue weighted by atomic mass is 35.5. The summed E-state index contributed by atoms with van der Waals surface area (Å²) >= 11 is 5.99. The number of nitrogens with one attached hydrogen (secondary N) is 1. The number of amides is 1. The number of hydrogen-bond acceptors (Lipinski definition) is 4. The molecule has 1 atom stereocenters. The van der Waals surface area contributed by atoms with E-state index in [9.17, 15) is 4.79 Å².